The lowest BCUT2D eigenvalue weighted by atomic mass is 10.1. The highest BCUT2D eigenvalue weighted by Gasteiger charge is 2.18. The van der Waals surface area contributed by atoms with Gasteiger partial charge in [0.2, 0.25) is 0 Å². The summed E-state index contributed by atoms with van der Waals surface area (Å²) in [7, 11) is 0. The molecule has 0 aliphatic heterocycles. The number of pyridine rings is 1. The number of carbonyl (C=O) groups excluding carboxylic acids is 1. The Bertz CT molecular complexity index is 902. The molecule has 0 radical (unpaired) electrons. The molecule has 3 aromatic rings. The lowest BCUT2D eigenvalue weighted by molar-refractivity contribution is 0.0952. The molecule has 116 valence electrons. The summed E-state index contributed by atoms with van der Waals surface area (Å²) in [6.45, 7) is 3.80. The molecule has 1 aromatic carbocycles. The van der Waals surface area contributed by atoms with E-state index in [1.165, 1.54) is 0 Å². The average molecular weight is 325 g/mol. The van der Waals surface area contributed by atoms with E-state index >= 15 is 0 Å². The predicted molar refractivity (Wildman–Crippen MR) is 93.6 cm³/mol. The fourth-order valence-corrected chi connectivity index (χ4v) is 2.50. The maximum Gasteiger partial charge on any atom is 0.293 e. The molecule has 0 spiro atoms. The van der Waals surface area contributed by atoms with Gasteiger partial charge in [0.15, 0.2) is 10.9 Å². The molecule has 0 atom stereocenters. The molecule has 3 rings (SSSR count). The van der Waals surface area contributed by atoms with E-state index in [1.807, 2.05) is 50.2 Å². The second kappa shape index (κ2) is 6.18. The van der Waals surface area contributed by atoms with Gasteiger partial charge < -0.3 is 9.73 Å². The first-order chi connectivity index (χ1) is 11.0. The van der Waals surface area contributed by atoms with Crippen molar-refractivity contribution in [2.24, 2.45) is 0 Å². The van der Waals surface area contributed by atoms with E-state index in [9.17, 15) is 4.79 Å². The fourth-order valence-electron chi connectivity index (χ4n) is 2.30. The molecular weight excluding hydrogens is 310 g/mol. The predicted octanol–water partition coefficient (Wildman–Crippen LogP) is 3.57. The topological polar surface area (TPSA) is 67.2 Å². The van der Waals surface area contributed by atoms with Gasteiger partial charge in [-0.05, 0) is 49.8 Å². The number of thiocarbonyl (C=S) groups is 1. The second-order valence-electron chi connectivity index (χ2n) is 5.18. The van der Waals surface area contributed by atoms with E-state index < -0.39 is 0 Å². The number of anilines is 1. The van der Waals surface area contributed by atoms with Gasteiger partial charge in [0.1, 0.15) is 11.4 Å². The first-order valence-corrected chi connectivity index (χ1v) is 7.48. The van der Waals surface area contributed by atoms with E-state index in [0.717, 1.165) is 16.5 Å². The quantitative estimate of drug-likeness (QED) is 0.705. The molecule has 0 aliphatic rings. The number of nitrogens with zero attached hydrogens (tertiary/aromatic N) is 1. The SMILES string of the molecule is Cc1ccnc(NC(=S)NC(=O)c2oc3ccccc3c2C)c1. The molecule has 2 N–H and O–H groups in total. The van der Waals surface area contributed by atoms with Crippen molar-refractivity contribution in [1.82, 2.24) is 10.3 Å². The van der Waals surface area contributed by atoms with E-state index in [0.29, 0.717) is 11.4 Å². The maximum absolute atomic E-state index is 12.3. The van der Waals surface area contributed by atoms with Gasteiger partial charge in [-0.2, -0.15) is 0 Å². The van der Waals surface area contributed by atoms with Crippen LogP contribution < -0.4 is 10.6 Å². The summed E-state index contributed by atoms with van der Waals surface area (Å²) >= 11 is 5.15. The molecule has 0 aliphatic carbocycles. The zero-order valence-electron chi connectivity index (χ0n) is 12.7. The normalized spacial score (nSPS) is 10.5. The minimum atomic E-state index is -0.385. The number of hydrogen-bond donors (Lipinski definition) is 2. The summed E-state index contributed by atoms with van der Waals surface area (Å²) in [5, 5.41) is 6.58. The Morgan fingerprint density at radius 3 is 2.74 bits per heavy atom. The zero-order chi connectivity index (χ0) is 16.4. The third-order valence-corrected chi connectivity index (χ3v) is 3.64. The number of rotatable bonds is 2. The minimum Gasteiger partial charge on any atom is -0.451 e. The van der Waals surface area contributed by atoms with Crippen molar-refractivity contribution in [3.8, 4) is 0 Å². The Morgan fingerprint density at radius 1 is 1.22 bits per heavy atom. The smallest absolute Gasteiger partial charge is 0.293 e. The number of aryl methyl sites for hydroxylation is 2. The minimum absolute atomic E-state index is 0.174. The number of carbonyl (C=O) groups is 1. The van der Waals surface area contributed by atoms with Crippen LogP contribution in [-0.2, 0) is 0 Å². The molecule has 0 saturated heterocycles. The highest BCUT2D eigenvalue weighted by Crippen LogP contribution is 2.24. The Balaban J connectivity index is 1.75. The van der Waals surface area contributed by atoms with Gasteiger partial charge in [-0.15, -0.1) is 0 Å². The van der Waals surface area contributed by atoms with Gasteiger partial charge in [0.25, 0.3) is 5.91 Å². The standard InChI is InChI=1S/C17H15N3O2S/c1-10-7-8-18-14(9-10)19-17(23)20-16(21)15-11(2)12-5-3-4-6-13(12)22-15/h3-9H,1-2H3,(H2,18,19,20,21,23). The highest BCUT2D eigenvalue weighted by atomic mass is 32.1. The van der Waals surface area contributed by atoms with Gasteiger partial charge >= 0.3 is 0 Å². The molecule has 2 aromatic heterocycles. The van der Waals surface area contributed by atoms with Crippen molar-refractivity contribution in [2.45, 2.75) is 13.8 Å². The second-order valence-corrected chi connectivity index (χ2v) is 5.59. The zero-order valence-corrected chi connectivity index (χ0v) is 13.5. The van der Waals surface area contributed by atoms with Crippen molar-refractivity contribution < 1.29 is 9.21 Å². The maximum atomic E-state index is 12.3. The van der Waals surface area contributed by atoms with Gasteiger partial charge in [0.05, 0.1) is 0 Å². The third-order valence-electron chi connectivity index (χ3n) is 3.43. The average Bonchev–Trinajstić information content (AvgIpc) is 2.85. The highest BCUT2D eigenvalue weighted by molar-refractivity contribution is 7.80. The molecule has 0 saturated carbocycles. The summed E-state index contributed by atoms with van der Waals surface area (Å²) in [6.07, 6.45) is 1.67. The van der Waals surface area contributed by atoms with Crippen molar-refractivity contribution in [3.05, 3.63) is 59.5 Å². The molecule has 1 amide bonds. The number of benzene rings is 1. The van der Waals surface area contributed by atoms with Crippen molar-refractivity contribution >= 4 is 40.0 Å². The van der Waals surface area contributed by atoms with Crippen LogP contribution in [0, 0.1) is 13.8 Å². The summed E-state index contributed by atoms with van der Waals surface area (Å²) in [5.74, 6) is 0.452. The number of amides is 1. The first-order valence-electron chi connectivity index (χ1n) is 7.08. The number of nitrogens with one attached hydrogen (secondary N) is 2. The molecule has 0 bridgehead atoms. The van der Waals surface area contributed by atoms with Crippen LogP contribution in [0.1, 0.15) is 21.7 Å². The summed E-state index contributed by atoms with van der Waals surface area (Å²) in [5.41, 5.74) is 2.51. The Morgan fingerprint density at radius 2 is 2.00 bits per heavy atom. The van der Waals surface area contributed by atoms with Crippen LogP contribution in [0.5, 0.6) is 0 Å². The first kappa shape index (κ1) is 15.2. The third kappa shape index (κ3) is 3.22. The summed E-state index contributed by atoms with van der Waals surface area (Å²) in [4.78, 5) is 16.5. The Kier molecular flexibility index (Phi) is 4.08. The van der Waals surface area contributed by atoms with Gasteiger partial charge in [-0.3, -0.25) is 10.1 Å². The Hall–Kier alpha value is -2.73. The van der Waals surface area contributed by atoms with Gasteiger partial charge in [0, 0.05) is 17.1 Å². The molecule has 0 fully saturated rings. The monoisotopic (exact) mass is 325 g/mol. The van der Waals surface area contributed by atoms with Crippen LogP contribution in [0.15, 0.2) is 47.0 Å². The fraction of sp³-hybridized carbons (Fsp3) is 0.118. The molecule has 0 unspecified atom stereocenters. The molecular formula is C17H15N3O2S. The van der Waals surface area contributed by atoms with Crippen LogP contribution in [-0.4, -0.2) is 16.0 Å². The number of hydrogen-bond acceptors (Lipinski definition) is 4. The Labute approximate surface area is 138 Å². The molecule has 6 heteroatoms. The van der Waals surface area contributed by atoms with Crippen molar-refractivity contribution in [1.29, 1.82) is 0 Å². The summed E-state index contributed by atoms with van der Waals surface area (Å²) in [6, 6.07) is 11.2. The van der Waals surface area contributed by atoms with Gasteiger partial charge in [-0.25, -0.2) is 4.98 Å². The number of para-hydroxylation sites is 1. The molecule has 2 heterocycles. The molecule has 23 heavy (non-hydrogen) atoms. The lowest BCUT2D eigenvalue weighted by Crippen LogP contribution is -2.34. The summed E-state index contributed by atoms with van der Waals surface area (Å²) < 4.78 is 5.62. The van der Waals surface area contributed by atoms with E-state index in [1.54, 1.807) is 6.20 Å². The van der Waals surface area contributed by atoms with Crippen molar-refractivity contribution in [2.75, 3.05) is 5.32 Å². The lowest BCUT2D eigenvalue weighted by Gasteiger charge is -2.08. The van der Waals surface area contributed by atoms with E-state index in [4.69, 9.17) is 16.6 Å². The number of aromatic nitrogens is 1. The number of fused-ring (bicyclic) bond motifs is 1. The van der Waals surface area contributed by atoms with E-state index in [2.05, 4.69) is 15.6 Å². The van der Waals surface area contributed by atoms with Crippen LogP contribution in [0.25, 0.3) is 11.0 Å². The van der Waals surface area contributed by atoms with Gasteiger partial charge in [-0.1, -0.05) is 18.2 Å². The van der Waals surface area contributed by atoms with Crippen LogP contribution in [0.3, 0.4) is 0 Å². The number of furan rings is 1. The van der Waals surface area contributed by atoms with Crippen molar-refractivity contribution in [3.63, 3.8) is 0 Å². The van der Waals surface area contributed by atoms with Crippen LogP contribution in [0.4, 0.5) is 5.82 Å². The van der Waals surface area contributed by atoms with Crippen LogP contribution >= 0.6 is 12.2 Å². The molecule has 5 nitrogen and oxygen atoms in total. The van der Waals surface area contributed by atoms with E-state index in [-0.39, 0.29) is 16.8 Å². The van der Waals surface area contributed by atoms with Crippen LogP contribution in [0.2, 0.25) is 0 Å². The largest absolute Gasteiger partial charge is 0.451 e.